The summed E-state index contributed by atoms with van der Waals surface area (Å²) in [4.78, 5) is 10.4. The van der Waals surface area contributed by atoms with Crippen LogP contribution in [0, 0.1) is 68.0 Å². The maximum Gasteiger partial charge on any atom is 0.160 e. The third-order valence-corrected chi connectivity index (χ3v) is 14.7. The number of nitrogens with zero attached hydrogens (tertiary/aromatic N) is 10. The average molecular weight is 1020 g/mol. The molecule has 13 aromatic rings. The molecule has 3 heterocycles. The van der Waals surface area contributed by atoms with E-state index >= 15 is 0 Å². The molecule has 0 bridgehead atoms. The van der Waals surface area contributed by atoms with Crippen molar-refractivity contribution < 1.29 is 0 Å². The Kier molecular flexibility index (Phi) is 11.6. The lowest BCUT2D eigenvalue weighted by Gasteiger charge is -2.20. The van der Waals surface area contributed by atoms with E-state index in [9.17, 15) is 31.6 Å². The largest absolute Gasteiger partial charge is 0.309 e. The predicted octanol–water partition coefficient (Wildman–Crippen LogP) is 15.9. The molecule has 0 fully saturated rings. The molecule has 0 unspecified atom stereocenters. The van der Waals surface area contributed by atoms with Gasteiger partial charge in [0.25, 0.3) is 0 Å². The molecule has 0 N–H and O–H groups in total. The van der Waals surface area contributed by atoms with Gasteiger partial charge in [0.2, 0.25) is 0 Å². The SMILES string of the molecule is N#Cc1cc(C#N)c(-c2ccc3c(c2)c2cc(-c4c(C#N)cc(C#N)cc4C#N)ccc2n3-c2cc(-c3cc(-c4ccccc4)nc(-c4ccccc4)n3)ccc2-c2ccccc2-n2c3ccccc3c3ccccc32)c(C#N)c1. The standard InChI is InChI=1S/C70H36N10/c71-37-43-29-50(39-73)68(51(30-43)40-74)48-24-27-65-58(33-48)59-34-49(69-52(41-75)31-44(38-72)32-53(69)42-76)25-28-66(59)80(65)67-35-47(61-36-60(45-13-3-1-4-14-45)77-70(78-61)46-15-5-2-6-16-46)23-26-57(67)56-19-9-12-22-64(56)79-62-20-10-7-17-54(62)55-18-8-11-21-63(55)79/h1-36H. The van der Waals surface area contributed by atoms with E-state index in [0.29, 0.717) is 33.8 Å². The zero-order valence-corrected chi connectivity index (χ0v) is 42.3. The molecule has 0 aliphatic heterocycles. The van der Waals surface area contributed by atoms with Crippen LogP contribution in [0.3, 0.4) is 0 Å². The van der Waals surface area contributed by atoms with Crippen molar-refractivity contribution in [2.24, 2.45) is 0 Å². The van der Waals surface area contributed by atoms with E-state index in [-0.39, 0.29) is 33.4 Å². The molecule has 0 aliphatic rings. The summed E-state index contributed by atoms with van der Waals surface area (Å²) in [5, 5.41) is 65.6. The van der Waals surface area contributed by atoms with E-state index in [1.807, 2.05) is 109 Å². The second kappa shape index (κ2) is 19.5. The van der Waals surface area contributed by atoms with Crippen molar-refractivity contribution in [3.63, 3.8) is 0 Å². The summed E-state index contributed by atoms with van der Waals surface area (Å²) in [7, 11) is 0. The number of rotatable bonds is 8. The fraction of sp³-hybridized carbons (Fsp3) is 0. The number of aromatic nitrogens is 4. The van der Waals surface area contributed by atoms with Gasteiger partial charge in [-0.15, -0.1) is 0 Å². The highest BCUT2D eigenvalue weighted by Gasteiger charge is 2.25. The molecular formula is C70H36N10. The third-order valence-electron chi connectivity index (χ3n) is 14.7. The lowest BCUT2D eigenvalue weighted by Crippen LogP contribution is -2.02. The van der Waals surface area contributed by atoms with Gasteiger partial charge in [-0.05, 0) is 90.0 Å². The normalized spacial score (nSPS) is 10.9. The molecule has 366 valence electrons. The summed E-state index contributed by atoms with van der Waals surface area (Å²) < 4.78 is 4.53. The summed E-state index contributed by atoms with van der Waals surface area (Å²) in [6, 6.07) is 84.4. The second-order valence-corrected chi connectivity index (χ2v) is 19.2. The van der Waals surface area contributed by atoms with Gasteiger partial charge in [0.15, 0.2) is 5.82 Å². The summed E-state index contributed by atoms with van der Waals surface area (Å²) in [5.74, 6) is 0.564. The summed E-state index contributed by atoms with van der Waals surface area (Å²) >= 11 is 0. The van der Waals surface area contributed by atoms with Gasteiger partial charge in [-0.3, -0.25) is 0 Å². The van der Waals surface area contributed by atoms with Gasteiger partial charge in [-0.1, -0.05) is 140 Å². The maximum absolute atomic E-state index is 10.5. The third kappa shape index (κ3) is 7.84. The Hall–Kier alpha value is -12.2. The van der Waals surface area contributed by atoms with Crippen molar-refractivity contribution in [2.45, 2.75) is 0 Å². The van der Waals surface area contributed by atoms with Crippen LogP contribution in [0.15, 0.2) is 218 Å². The van der Waals surface area contributed by atoms with Crippen LogP contribution in [0.5, 0.6) is 0 Å². The summed E-state index contributed by atoms with van der Waals surface area (Å²) in [6.07, 6.45) is 0. The Morgan fingerprint density at radius 2 is 0.700 bits per heavy atom. The minimum Gasteiger partial charge on any atom is -0.309 e. The van der Waals surface area contributed by atoms with Crippen molar-refractivity contribution >= 4 is 43.6 Å². The van der Waals surface area contributed by atoms with Crippen LogP contribution in [0.2, 0.25) is 0 Å². The molecule has 80 heavy (non-hydrogen) atoms. The molecule has 13 rings (SSSR count). The fourth-order valence-electron chi connectivity index (χ4n) is 11.2. The van der Waals surface area contributed by atoms with Crippen molar-refractivity contribution in [3.05, 3.63) is 252 Å². The smallest absolute Gasteiger partial charge is 0.160 e. The van der Waals surface area contributed by atoms with Crippen LogP contribution >= 0.6 is 0 Å². The van der Waals surface area contributed by atoms with Crippen molar-refractivity contribution in [1.82, 2.24) is 19.1 Å². The van der Waals surface area contributed by atoms with E-state index in [1.165, 1.54) is 24.3 Å². The van der Waals surface area contributed by atoms with E-state index < -0.39 is 0 Å². The first-order valence-corrected chi connectivity index (χ1v) is 25.5. The van der Waals surface area contributed by atoms with Crippen LogP contribution in [0.1, 0.15) is 33.4 Å². The quantitative estimate of drug-likeness (QED) is 0.144. The number of fused-ring (bicyclic) bond motifs is 6. The van der Waals surface area contributed by atoms with Crippen molar-refractivity contribution in [3.8, 4) is 115 Å². The summed E-state index contributed by atoms with van der Waals surface area (Å²) in [6.45, 7) is 0. The number of benzene rings is 10. The zero-order chi connectivity index (χ0) is 54.4. The molecule has 3 aromatic heterocycles. The Morgan fingerprint density at radius 1 is 0.287 bits per heavy atom. The Labute approximate surface area is 458 Å². The van der Waals surface area contributed by atoms with Gasteiger partial charge in [0, 0.05) is 60.5 Å². The van der Waals surface area contributed by atoms with Gasteiger partial charge < -0.3 is 9.13 Å². The monoisotopic (exact) mass is 1020 g/mol. The van der Waals surface area contributed by atoms with E-state index in [4.69, 9.17) is 9.97 Å². The molecule has 0 aliphatic carbocycles. The van der Waals surface area contributed by atoms with Gasteiger partial charge in [0.05, 0.1) is 115 Å². The Morgan fingerprint density at radius 3 is 1.21 bits per heavy atom. The topological polar surface area (TPSA) is 178 Å². The maximum atomic E-state index is 10.5. The molecule has 10 nitrogen and oxygen atoms in total. The van der Waals surface area contributed by atoms with Crippen LogP contribution in [-0.2, 0) is 0 Å². The van der Waals surface area contributed by atoms with Crippen LogP contribution in [0.4, 0.5) is 0 Å². The molecule has 10 heteroatoms. The van der Waals surface area contributed by atoms with Crippen LogP contribution < -0.4 is 0 Å². The minimum absolute atomic E-state index is 0.172. The molecular weight excluding hydrogens is 981 g/mol. The first-order chi connectivity index (χ1) is 39.4. The average Bonchev–Trinajstić information content (AvgIpc) is 4.10. The highest BCUT2D eigenvalue weighted by molar-refractivity contribution is 6.13. The summed E-state index contributed by atoms with van der Waals surface area (Å²) in [5.41, 5.74) is 14.2. The molecule has 0 radical (unpaired) electrons. The molecule has 0 atom stereocenters. The lowest BCUT2D eigenvalue weighted by molar-refractivity contribution is 1.15. The number of hydrogen-bond donors (Lipinski definition) is 0. The van der Waals surface area contributed by atoms with Gasteiger partial charge in [-0.2, -0.15) is 31.6 Å². The number of para-hydroxylation sites is 3. The van der Waals surface area contributed by atoms with Gasteiger partial charge in [-0.25, -0.2) is 9.97 Å². The highest BCUT2D eigenvalue weighted by atomic mass is 15.0. The Balaban J connectivity index is 1.15. The lowest BCUT2D eigenvalue weighted by atomic mass is 9.91. The first-order valence-electron chi connectivity index (χ1n) is 25.5. The highest BCUT2D eigenvalue weighted by Crippen LogP contribution is 2.45. The number of nitriles is 6. The van der Waals surface area contributed by atoms with Crippen molar-refractivity contribution in [2.75, 3.05) is 0 Å². The van der Waals surface area contributed by atoms with Crippen LogP contribution in [-0.4, -0.2) is 19.1 Å². The van der Waals surface area contributed by atoms with E-state index in [2.05, 4.69) is 130 Å². The molecule has 10 aromatic carbocycles. The molecule has 0 saturated heterocycles. The van der Waals surface area contributed by atoms with Crippen molar-refractivity contribution in [1.29, 1.82) is 31.6 Å². The molecule has 0 spiro atoms. The Bertz CT molecular complexity index is 4690. The van der Waals surface area contributed by atoms with Gasteiger partial charge in [0.1, 0.15) is 0 Å². The van der Waals surface area contributed by atoms with E-state index in [1.54, 1.807) is 0 Å². The second-order valence-electron chi connectivity index (χ2n) is 19.2. The fourth-order valence-corrected chi connectivity index (χ4v) is 11.2. The predicted molar refractivity (Wildman–Crippen MR) is 312 cm³/mol. The zero-order valence-electron chi connectivity index (χ0n) is 42.3. The minimum atomic E-state index is 0.172. The van der Waals surface area contributed by atoms with Gasteiger partial charge >= 0.3 is 0 Å². The molecule has 0 saturated carbocycles. The molecule has 0 amide bonds. The van der Waals surface area contributed by atoms with Crippen LogP contribution in [0.25, 0.3) is 122 Å². The first kappa shape index (κ1) is 47.5. The van der Waals surface area contributed by atoms with E-state index in [0.717, 1.165) is 88.5 Å². The number of hydrogen-bond acceptors (Lipinski definition) is 8.